The van der Waals surface area contributed by atoms with Crippen molar-refractivity contribution in [2.75, 3.05) is 27.2 Å². The maximum absolute atomic E-state index is 11.3. The fraction of sp³-hybridized carbons (Fsp3) is 0.929. The fourth-order valence-corrected chi connectivity index (χ4v) is 2.59. The van der Waals surface area contributed by atoms with E-state index in [2.05, 4.69) is 24.5 Å². The van der Waals surface area contributed by atoms with E-state index in [9.17, 15) is 4.79 Å². The molecule has 1 fully saturated rings. The summed E-state index contributed by atoms with van der Waals surface area (Å²) in [4.78, 5) is 12.9. The molecule has 4 nitrogen and oxygen atoms in total. The van der Waals surface area contributed by atoms with Crippen LogP contribution in [0.2, 0.25) is 0 Å². The monoisotopic (exact) mass is 255 g/mol. The normalized spacial score (nSPS) is 24.1. The van der Waals surface area contributed by atoms with Crippen LogP contribution in [0.5, 0.6) is 0 Å². The van der Waals surface area contributed by atoms with Gasteiger partial charge in [-0.1, -0.05) is 13.8 Å². The van der Waals surface area contributed by atoms with E-state index in [-0.39, 0.29) is 6.03 Å². The Labute approximate surface area is 111 Å². The van der Waals surface area contributed by atoms with Crippen molar-refractivity contribution in [2.45, 2.75) is 45.6 Å². The average molecular weight is 255 g/mol. The molecule has 0 saturated heterocycles. The topological polar surface area (TPSA) is 44.4 Å². The smallest absolute Gasteiger partial charge is 0.316 e. The van der Waals surface area contributed by atoms with Crippen molar-refractivity contribution in [1.82, 2.24) is 15.5 Å². The quantitative estimate of drug-likeness (QED) is 0.739. The van der Waals surface area contributed by atoms with Crippen LogP contribution in [0.1, 0.15) is 39.5 Å². The van der Waals surface area contributed by atoms with Crippen LogP contribution in [0.15, 0.2) is 0 Å². The van der Waals surface area contributed by atoms with Gasteiger partial charge in [-0.2, -0.15) is 0 Å². The molecule has 0 aromatic carbocycles. The predicted molar refractivity (Wildman–Crippen MR) is 75.7 cm³/mol. The summed E-state index contributed by atoms with van der Waals surface area (Å²) in [5.41, 5.74) is 0. The summed E-state index contributed by atoms with van der Waals surface area (Å²) >= 11 is 0. The number of carbonyl (C=O) groups is 1. The minimum Gasteiger partial charge on any atom is -0.337 e. The molecular weight excluding hydrogens is 226 g/mol. The van der Waals surface area contributed by atoms with Crippen LogP contribution in [-0.2, 0) is 0 Å². The molecule has 0 aromatic rings. The minimum atomic E-state index is -0.0136. The molecule has 1 rings (SSSR count). The summed E-state index contributed by atoms with van der Waals surface area (Å²) in [5, 5.41) is 6.42. The number of hydrogen-bond donors (Lipinski definition) is 2. The van der Waals surface area contributed by atoms with Gasteiger partial charge in [0.25, 0.3) is 0 Å². The number of carbonyl (C=O) groups excluding carboxylic acids is 1. The van der Waals surface area contributed by atoms with Crippen LogP contribution in [0, 0.1) is 11.8 Å². The SMILES string of the molecule is CC(C)C1CCC(NCCNC(=O)N(C)C)CC1. The first-order chi connectivity index (χ1) is 8.50. The van der Waals surface area contributed by atoms with Gasteiger partial charge in [0.1, 0.15) is 0 Å². The second kappa shape index (κ2) is 7.62. The van der Waals surface area contributed by atoms with Crippen LogP contribution in [-0.4, -0.2) is 44.2 Å². The van der Waals surface area contributed by atoms with Crippen LogP contribution in [0.4, 0.5) is 4.79 Å². The number of amides is 2. The van der Waals surface area contributed by atoms with Crippen molar-refractivity contribution in [1.29, 1.82) is 0 Å². The third-order valence-electron chi connectivity index (χ3n) is 3.96. The maximum Gasteiger partial charge on any atom is 0.316 e. The van der Waals surface area contributed by atoms with Crippen molar-refractivity contribution in [3.63, 3.8) is 0 Å². The zero-order valence-corrected chi connectivity index (χ0v) is 12.3. The van der Waals surface area contributed by atoms with E-state index in [1.165, 1.54) is 25.7 Å². The summed E-state index contributed by atoms with van der Waals surface area (Å²) in [7, 11) is 3.52. The Balaban J connectivity index is 2.06. The van der Waals surface area contributed by atoms with Gasteiger partial charge in [0, 0.05) is 33.2 Å². The number of nitrogens with one attached hydrogen (secondary N) is 2. The van der Waals surface area contributed by atoms with Crippen LogP contribution < -0.4 is 10.6 Å². The van der Waals surface area contributed by atoms with Gasteiger partial charge < -0.3 is 15.5 Å². The molecular formula is C14H29N3O. The number of hydrogen-bond acceptors (Lipinski definition) is 2. The molecule has 1 aliphatic rings. The van der Waals surface area contributed by atoms with Crippen molar-refractivity contribution in [2.24, 2.45) is 11.8 Å². The Kier molecular flexibility index (Phi) is 6.47. The van der Waals surface area contributed by atoms with Gasteiger partial charge in [0.15, 0.2) is 0 Å². The van der Waals surface area contributed by atoms with Crippen LogP contribution in [0.3, 0.4) is 0 Å². The molecule has 2 N–H and O–H groups in total. The van der Waals surface area contributed by atoms with E-state index in [4.69, 9.17) is 0 Å². The first-order valence-corrected chi connectivity index (χ1v) is 7.19. The highest BCUT2D eigenvalue weighted by Crippen LogP contribution is 2.29. The number of urea groups is 1. The molecule has 0 spiro atoms. The van der Waals surface area contributed by atoms with Crippen molar-refractivity contribution in [3.8, 4) is 0 Å². The van der Waals surface area contributed by atoms with E-state index < -0.39 is 0 Å². The molecule has 2 amide bonds. The first-order valence-electron chi connectivity index (χ1n) is 7.19. The summed E-state index contributed by atoms with van der Waals surface area (Å²) < 4.78 is 0. The lowest BCUT2D eigenvalue weighted by Crippen LogP contribution is -2.41. The second-order valence-electron chi connectivity index (χ2n) is 5.94. The average Bonchev–Trinajstić information content (AvgIpc) is 2.34. The van der Waals surface area contributed by atoms with E-state index in [1.54, 1.807) is 19.0 Å². The molecule has 0 radical (unpaired) electrons. The van der Waals surface area contributed by atoms with Gasteiger partial charge in [-0.3, -0.25) is 0 Å². The highest BCUT2D eigenvalue weighted by Gasteiger charge is 2.22. The summed E-state index contributed by atoms with van der Waals surface area (Å²) in [6.45, 7) is 6.24. The molecule has 1 saturated carbocycles. The minimum absolute atomic E-state index is 0.0136. The van der Waals surface area contributed by atoms with Gasteiger partial charge in [-0.15, -0.1) is 0 Å². The Morgan fingerprint density at radius 1 is 1.17 bits per heavy atom. The highest BCUT2D eigenvalue weighted by molar-refractivity contribution is 5.73. The molecule has 0 bridgehead atoms. The molecule has 0 aromatic heterocycles. The third-order valence-corrected chi connectivity index (χ3v) is 3.96. The van der Waals surface area contributed by atoms with E-state index in [0.29, 0.717) is 12.6 Å². The summed E-state index contributed by atoms with van der Waals surface area (Å²) in [5.74, 6) is 1.74. The number of nitrogens with zero attached hydrogens (tertiary/aromatic N) is 1. The Hall–Kier alpha value is -0.770. The molecule has 18 heavy (non-hydrogen) atoms. The third kappa shape index (κ3) is 5.25. The zero-order chi connectivity index (χ0) is 13.5. The molecule has 106 valence electrons. The van der Waals surface area contributed by atoms with Crippen LogP contribution >= 0.6 is 0 Å². The van der Waals surface area contributed by atoms with Crippen molar-refractivity contribution >= 4 is 6.03 Å². The largest absolute Gasteiger partial charge is 0.337 e. The van der Waals surface area contributed by atoms with Crippen molar-refractivity contribution in [3.05, 3.63) is 0 Å². The van der Waals surface area contributed by atoms with Gasteiger partial charge in [-0.05, 0) is 37.5 Å². The van der Waals surface area contributed by atoms with Gasteiger partial charge >= 0.3 is 6.03 Å². The van der Waals surface area contributed by atoms with Gasteiger partial charge in [0.2, 0.25) is 0 Å². The standard InChI is InChI=1S/C14H29N3O/c1-11(2)12-5-7-13(8-6-12)15-9-10-16-14(18)17(3)4/h11-13,15H,5-10H2,1-4H3,(H,16,18). The van der Waals surface area contributed by atoms with Gasteiger partial charge in [-0.25, -0.2) is 4.79 Å². The Morgan fingerprint density at radius 2 is 1.78 bits per heavy atom. The van der Waals surface area contributed by atoms with E-state index in [0.717, 1.165) is 18.4 Å². The molecule has 0 unspecified atom stereocenters. The maximum atomic E-state index is 11.3. The van der Waals surface area contributed by atoms with Crippen molar-refractivity contribution < 1.29 is 4.79 Å². The zero-order valence-electron chi connectivity index (χ0n) is 12.3. The molecule has 1 aliphatic carbocycles. The molecule has 0 heterocycles. The summed E-state index contributed by atoms with van der Waals surface area (Å²) in [6.07, 6.45) is 5.26. The van der Waals surface area contributed by atoms with Gasteiger partial charge in [0.05, 0.1) is 0 Å². The number of rotatable bonds is 5. The first kappa shape index (κ1) is 15.3. The lowest BCUT2D eigenvalue weighted by Gasteiger charge is -2.31. The van der Waals surface area contributed by atoms with E-state index in [1.807, 2.05) is 0 Å². The molecule has 0 aliphatic heterocycles. The molecule has 0 atom stereocenters. The summed E-state index contributed by atoms with van der Waals surface area (Å²) in [6, 6.07) is 0.636. The predicted octanol–water partition coefficient (Wildman–Crippen LogP) is 2.06. The van der Waals surface area contributed by atoms with Crippen LogP contribution in [0.25, 0.3) is 0 Å². The van der Waals surface area contributed by atoms with E-state index >= 15 is 0 Å². The lowest BCUT2D eigenvalue weighted by molar-refractivity contribution is 0.216. The fourth-order valence-electron chi connectivity index (χ4n) is 2.59. The molecule has 4 heteroatoms. The lowest BCUT2D eigenvalue weighted by atomic mass is 9.80. The second-order valence-corrected chi connectivity index (χ2v) is 5.94. The Bertz CT molecular complexity index is 245. The Morgan fingerprint density at radius 3 is 2.28 bits per heavy atom. The highest BCUT2D eigenvalue weighted by atomic mass is 16.2.